The predicted octanol–water partition coefficient (Wildman–Crippen LogP) is 3.48. The molecular formula is C10H6F7NO2S. The molecule has 0 saturated carbocycles. The van der Waals surface area contributed by atoms with Crippen molar-refractivity contribution in [1.82, 2.24) is 0 Å². The van der Waals surface area contributed by atoms with E-state index in [2.05, 4.69) is 0 Å². The predicted molar refractivity (Wildman–Crippen MR) is 57.8 cm³/mol. The minimum Gasteiger partial charge on any atom is -0.199 e. The highest BCUT2D eigenvalue weighted by Gasteiger charge is 2.60. The third-order valence-corrected chi connectivity index (χ3v) is 3.42. The van der Waals surface area contributed by atoms with Crippen molar-refractivity contribution >= 4 is 16.0 Å². The molecule has 0 spiro atoms. The Bertz CT molecular complexity index is 605. The van der Waals surface area contributed by atoms with Gasteiger partial charge >= 0.3 is 12.4 Å². The fourth-order valence-corrected chi connectivity index (χ4v) is 2.21. The van der Waals surface area contributed by atoms with Crippen LogP contribution in [-0.2, 0) is 10.0 Å². The molecule has 0 aliphatic heterocycles. The first-order valence-corrected chi connectivity index (χ1v) is 6.48. The van der Waals surface area contributed by atoms with Crippen molar-refractivity contribution in [2.75, 3.05) is 0 Å². The average molecular weight is 337 g/mol. The van der Waals surface area contributed by atoms with Gasteiger partial charge in [0.1, 0.15) is 0 Å². The van der Waals surface area contributed by atoms with E-state index in [1.165, 1.54) is 6.07 Å². The van der Waals surface area contributed by atoms with Crippen LogP contribution in [0.5, 0.6) is 0 Å². The quantitative estimate of drug-likeness (QED) is 0.626. The molecule has 0 N–H and O–H groups in total. The number of sulfonamides is 1. The van der Waals surface area contributed by atoms with E-state index in [-0.39, 0.29) is 0 Å². The lowest BCUT2D eigenvalue weighted by molar-refractivity contribution is -0.262. The van der Waals surface area contributed by atoms with Gasteiger partial charge in [0.25, 0.3) is 10.0 Å². The maximum atomic E-state index is 13.2. The molecule has 0 unspecified atom stereocenters. The lowest BCUT2D eigenvalue weighted by Crippen LogP contribution is -2.41. The second kappa shape index (κ2) is 5.62. The summed E-state index contributed by atoms with van der Waals surface area (Å²) in [4.78, 5) is -0.733. The molecular weight excluding hydrogens is 331 g/mol. The summed E-state index contributed by atoms with van der Waals surface area (Å²) < 4.78 is 111. The number of halogens is 7. The van der Waals surface area contributed by atoms with Crippen molar-refractivity contribution in [2.45, 2.75) is 17.2 Å². The molecule has 11 heteroatoms. The first kappa shape index (κ1) is 17.4. The Kier molecular flexibility index (Phi) is 4.66. The van der Waals surface area contributed by atoms with Crippen LogP contribution < -0.4 is 0 Å². The molecule has 118 valence electrons. The Balaban J connectivity index is 3.31. The molecule has 0 aliphatic rings. The van der Waals surface area contributed by atoms with Gasteiger partial charge in [-0.3, -0.25) is 0 Å². The summed E-state index contributed by atoms with van der Waals surface area (Å²) in [5.74, 6) is -7.68. The van der Waals surface area contributed by atoms with Crippen molar-refractivity contribution < 1.29 is 39.2 Å². The van der Waals surface area contributed by atoms with Gasteiger partial charge in [0.2, 0.25) is 11.9 Å². The van der Waals surface area contributed by atoms with Crippen molar-refractivity contribution in [3.8, 4) is 0 Å². The van der Waals surface area contributed by atoms with Crippen LogP contribution in [0.15, 0.2) is 39.6 Å². The van der Waals surface area contributed by atoms with Crippen molar-refractivity contribution in [1.29, 1.82) is 0 Å². The monoisotopic (exact) mass is 337 g/mol. The molecule has 21 heavy (non-hydrogen) atoms. The molecule has 1 aromatic rings. The fraction of sp³-hybridized carbons (Fsp3) is 0.300. The molecule has 0 bridgehead atoms. The van der Waals surface area contributed by atoms with E-state index >= 15 is 0 Å². The van der Waals surface area contributed by atoms with Crippen LogP contribution in [0.4, 0.5) is 30.7 Å². The summed E-state index contributed by atoms with van der Waals surface area (Å²) in [6, 6.07) is 5.33. The number of alkyl halides is 6. The van der Waals surface area contributed by atoms with E-state index in [0.29, 0.717) is 0 Å². The summed E-state index contributed by atoms with van der Waals surface area (Å²) in [6.45, 7) is 0. The molecule has 0 saturated heterocycles. The smallest absolute Gasteiger partial charge is 0.199 e. The van der Waals surface area contributed by atoms with Gasteiger partial charge in [-0.25, -0.2) is 0 Å². The number of hydrogen-bond acceptors (Lipinski definition) is 2. The first-order chi connectivity index (χ1) is 9.36. The van der Waals surface area contributed by atoms with Gasteiger partial charge in [0, 0.05) is 0 Å². The number of nitrogens with zero attached hydrogens (tertiary/aromatic N) is 1. The summed E-state index contributed by atoms with van der Waals surface area (Å²) in [5, 5.41) is 0. The molecule has 1 rings (SSSR count). The topological polar surface area (TPSA) is 46.5 Å². The van der Waals surface area contributed by atoms with Crippen molar-refractivity contribution in [2.24, 2.45) is 10.3 Å². The Morgan fingerprint density at radius 2 is 1.38 bits per heavy atom. The molecule has 0 atom stereocenters. The van der Waals surface area contributed by atoms with Gasteiger partial charge < -0.3 is 0 Å². The Morgan fingerprint density at radius 1 is 0.952 bits per heavy atom. The van der Waals surface area contributed by atoms with Crippen LogP contribution in [0.1, 0.15) is 0 Å². The largest absolute Gasteiger partial charge is 0.408 e. The van der Waals surface area contributed by atoms with Gasteiger partial charge in [0.05, 0.1) is 4.90 Å². The molecule has 0 aliphatic carbocycles. The van der Waals surface area contributed by atoms with Gasteiger partial charge in [-0.1, -0.05) is 18.2 Å². The summed E-state index contributed by atoms with van der Waals surface area (Å²) in [6.07, 6.45) is -12.1. The highest BCUT2D eigenvalue weighted by Crippen LogP contribution is 2.40. The van der Waals surface area contributed by atoms with Crippen LogP contribution >= 0.6 is 0 Å². The number of benzene rings is 1. The molecule has 0 aromatic heterocycles. The average Bonchev–Trinajstić information content (AvgIpc) is 2.25. The zero-order chi connectivity index (χ0) is 16.5. The maximum Gasteiger partial charge on any atom is 0.408 e. The van der Waals surface area contributed by atoms with Crippen LogP contribution in [0.2, 0.25) is 0 Å². The van der Waals surface area contributed by atoms with Gasteiger partial charge in [-0.2, -0.15) is 39.2 Å². The SMILES string of the molecule is O=S(=O)(/N=C(\F)C(C(F)(F)F)C(F)(F)F)c1ccccc1. The minimum absolute atomic E-state index is 0.733. The van der Waals surface area contributed by atoms with E-state index in [9.17, 15) is 39.2 Å². The van der Waals surface area contributed by atoms with Crippen LogP contribution in [-0.4, -0.2) is 26.7 Å². The lowest BCUT2D eigenvalue weighted by Gasteiger charge is -2.20. The lowest BCUT2D eigenvalue weighted by atomic mass is 10.1. The number of hydrogen-bond donors (Lipinski definition) is 0. The summed E-state index contributed by atoms with van der Waals surface area (Å²) in [7, 11) is -5.01. The Morgan fingerprint density at radius 3 is 1.76 bits per heavy atom. The van der Waals surface area contributed by atoms with Crippen molar-refractivity contribution in [3.63, 3.8) is 0 Å². The zero-order valence-corrected chi connectivity index (χ0v) is 10.6. The van der Waals surface area contributed by atoms with Crippen LogP contribution in [0, 0.1) is 5.92 Å². The molecule has 0 amide bonds. The van der Waals surface area contributed by atoms with Crippen LogP contribution in [0.25, 0.3) is 0 Å². The molecule has 3 nitrogen and oxygen atoms in total. The van der Waals surface area contributed by atoms with E-state index in [1.54, 1.807) is 0 Å². The third kappa shape index (κ3) is 4.41. The minimum atomic E-state index is -6.06. The van der Waals surface area contributed by atoms with E-state index in [4.69, 9.17) is 0 Å². The van der Waals surface area contributed by atoms with Crippen LogP contribution in [0.3, 0.4) is 0 Å². The number of rotatable bonds is 3. The second-order valence-corrected chi connectivity index (χ2v) is 5.32. The molecule has 0 fully saturated rings. The van der Waals surface area contributed by atoms with Gasteiger partial charge in [0.15, 0.2) is 0 Å². The highest BCUT2D eigenvalue weighted by atomic mass is 32.2. The standard InChI is InChI=1S/C10H6F7NO2S/c11-8(7(9(12,13)14)10(15,16)17)18-21(19,20)6-4-2-1-3-5-6/h1-5,7H/b18-8-. The van der Waals surface area contributed by atoms with E-state index in [0.717, 1.165) is 24.3 Å². The van der Waals surface area contributed by atoms with E-state index < -0.39 is 39.2 Å². The highest BCUT2D eigenvalue weighted by molar-refractivity contribution is 7.90. The van der Waals surface area contributed by atoms with Gasteiger partial charge in [-0.15, -0.1) is 4.40 Å². The molecule has 1 aromatic carbocycles. The molecule has 0 heterocycles. The third-order valence-electron chi connectivity index (χ3n) is 2.14. The summed E-state index contributed by atoms with van der Waals surface area (Å²) in [5.41, 5.74) is 0. The fourth-order valence-electron chi connectivity index (χ4n) is 1.27. The first-order valence-electron chi connectivity index (χ1n) is 5.04. The zero-order valence-electron chi connectivity index (χ0n) is 9.78. The maximum absolute atomic E-state index is 13.2. The second-order valence-electron chi connectivity index (χ2n) is 3.72. The van der Waals surface area contributed by atoms with Crippen molar-refractivity contribution in [3.05, 3.63) is 30.3 Å². The van der Waals surface area contributed by atoms with E-state index in [1.807, 2.05) is 4.40 Å². The summed E-state index contributed by atoms with van der Waals surface area (Å²) >= 11 is 0. The Labute approximate surface area is 114 Å². The van der Waals surface area contributed by atoms with Gasteiger partial charge in [-0.05, 0) is 12.1 Å². The molecule has 0 radical (unpaired) electrons. The Hall–Kier alpha value is -1.65. The normalized spacial score (nSPS) is 14.6.